The number of ether oxygens (including phenoxy) is 1. The number of benzene rings is 1. The fourth-order valence-electron chi connectivity index (χ4n) is 2.29. The van der Waals surface area contributed by atoms with Crippen molar-refractivity contribution in [1.29, 1.82) is 0 Å². The maximum absolute atomic E-state index is 13.7. The van der Waals surface area contributed by atoms with Gasteiger partial charge >= 0.3 is 0 Å². The summed E-state index contributed by atoms with van der Waals surface area (Å²) >= 11 is 0. The second kappa shape index (κ2) is 6.13. The summed E-state index contributed by atoms with van der Waals surface area (Å²) in [6.45, 7) is 5.46. The normalized spacial score (nSPS) is 14.5. The van der Waals surface area contributed by atoms with Gasteiger partial charge in [-0.1, -0.05) is 13.3 Å². The molecule has 1 fully saturated rings. The number of nitrogens with zero attached hydrogens (tertiary/aromatic N) is 1. The number of nitrogen functional groups attached to an aromatic ring is 1. The van der Waals surface area contributed by atoms with Crippen LogP contribution in [-0.2, 0) is 0 Å². The van der Waals surface area contributed by atoms with E-state index in [1.165, 1.54) is 18.9 Å². The smallest absolute Gasteiger partial charge is 0.167 e. The topological polar surface area (TPSA) is 38.5 Å². The summed E-state index contributed by atoms with van der Waals surface area (Å²) in [6, 6.07) is 3.69. The highest BCUT2D eigenvalue weighted by molar-refractivity contribution is 5.71. The highest BCUT2D eigenvalue weighted by atomic mass is 19.1. The first kappa shape index (κ1) is 14.0. The molecular weight excluding hydrogens is 243 g/mol. The van der Waals surface area contributed by atoms with Gasteiger partial charge in [-0.3, -0.25) is 0 Å². The maximum Gasteiger partial charge on any atom is 0.167 e. The fourth-order valence-corrected chi connectivity index (χ4v) is 2.29. The average molecular weight is 266 g/mol. The predicted molar refractivity (Wildman–Crippen MR) is 77.3 cm³/mol. The Balaban J connectivity index is 2.26. The van der Waals surface area contributed by atoms with Gasteiger partial charge in [0.25, 0.3) is 0 Å². The molecule has 0 aliphatic heterocycles. The first-order chi connectivity index (χ1) is 9.17. The van der Waals surface area contributed by atoms with Gasteiger partial charge in [0, 0.05) is 24.7 Å². The largest absolute Gasteiger partial charge is 0.491 e. The van der Waals surface area contributed by atoms with E-state index in [1.54, 1.807) is 6.07 Å². The molecule has 1 aliphatic carbocycles. The van der Waals surface area contributed by atoms with Gasteiger partial charge in [-0.05, 0) is 26.2 Å². The molecule has 0 radical (unpaired) electrons. The number of anilines is 2. The maximum atomic E-state index is 13.7. The van der Waals surface area contributed by atoms with Crippen LogP contribution in [-0.4, -0.2) is 19.2 Å². The zero-order valence-electron chi connectivity index (χ0n) is 11.8. The number of hydrogen-bond donors (Lipinski definition) is 1. The molecule has 2 N–H and O–H groups in total. The molecule has 0 heterocycles. The van der Waals surface area contributed by atoms with E-state index in [4.69, 9.17) is 10.5 Å². The molecule has 3 nitrogen and oxygen atoms in total. The van der Waals surface area contributed by atoms with Crippen molar-refractivity contribution in [2.45, 2.75) is 45.6 Å². The lowest BCUT2D eigenvalue weighted by molar-refractivity contribution is 0.321. The average Bonchev–Trinajstić information content (AvgIpc) is 3.19. The summed E-state index contributed by atoms with van der Waals surface area (Å²) in [4.78, 5) is 2.31. The number of unbranched alkanes of at least 4 members (excludes halogenated alkanes) is 1. The van der Waals surface area contributed by atoms with Crippen LogP contribution < -0.4 is 15.4 Å². The van der Waals surface area contributed by atoms with Gasteiger partial charge in [-0.15, -0.1) is 0 Å². The molecule has 0 unspecified atom stereocenters. The van der Waals surface area contributed by atoms with Crippen molar-refractivity contribution in [2.24, 2.45) is 0 Å². The van der Waals surface area contributed by atoms with E-state index in [0.29, 0.717) is 24.1 Å². The van der Waals surface area contributed by atoms with E-state index in [2.05, 4.69) is 11.8 Å². The molecule has 0 saturated heterocycles. The van der Waals surface area contributed by atoms with E-state index >= 15 is 0 Å². The molecular formula is C15H23FN2O. The van der Waals surface area contributed by atoms with Crippen LogP contribution in [0.4, 0.5) is 15.8 Å². The fraction of sp³-hybridized carbons (Fsp3) is 0.600. The van der Waals surface area contributed by atoms with Crippen LogP contribution in [0, 0.1) is 5.82 Å². The van der Waals surface area contributed by atoms with Gasteiger partial charge in [0.1, 0.15) is 0 Å². The first-order valence-electron chi connectivity index (χ1n) is 7.15. The number of hydrogen-bond acceptors (Lipinski definition) is 3. The van der Waals surface area contributed by atoms with Gasteiger partial charge in [0.15, 0.2) is 11.6 Å². The Labute approximate surface area is 114 Å². The molecule has 4 heteroatoms. The Morgan fingerprint density at radius 2 is 2.11 bits per heavy atom. The summed E-state index contributed by atoms with van der Waals surface area (Å²) < 4.78 is 19.1. The lowest BCUT2D eigenvalue weighted by Gasteiger charge is -2.26. The van der Waals surface area contributed by atoms with Crippen LogP contribution in [0.15, 0.2) is 12.1 Å². The van der Waals surface area contributed by atoms with Crippen LogP contribution in [0.25, 0.3) is 0 Å². The zero-order valence-corrected chi connectivity index (χ0v) is 11.8. The molecule has 1 saturated carbocycles. The van der Waals surface area contributed by atoms with E-state index in [1.807, 2.05) is 6.92 Å². The van der Waals surface area contributed by atoms with Gasteiger partial charge in [0.2, 0.25) is 0 Å². The van der Waals surface area contributed by atoms with Crippen molar-refractivity contribution >= 4 is 11.4 Å². The number of nitrogens with two attached hydrogens (primary N) is 1. The van der Waals surface area contributed by atoms with Crippen LogP contribution >= 0.6 is 0 Å². The molecule has 1 aliphatic rings. The van der Waals surface area contributed by atoms with Crippen molar-refractivity contribution in [3.05, 3.63) is 17.9 Å². The summed E-state index contributed by atoms with van der Waals surface area (Å²) in [5, 5.41) is 0. The van der Waals surface area contributed by atoms with E-state index in [9.17, 15) is 4.39 Å². The van der Waals surface area contributed by atoms with Crippen molar-refractivity contribution in [1.82, 2.24) is 0 Å². The van der Waals surface area contributed by atoms with Gasteiger partial charge < -0.3 is 15.4 Å². The summed E-state index contributed by atoms with van der Waals surface area (Å²) in [5.41, 5.74) is 7.41. The highest BCUT2D eigenvalue weighted by Gasteiger charge is 2.30. The summed E-state index contributed by atoms with van der Waals surface area (Å²) in [5.74, 6) is -0.0804. The monoisotopic (exact) mass is 266 g/mol. The van der Waals surface area contributed by atoms with Crippen LogP contribution in [0.3, 0.4) is 0 Å². The quantitative estimate of drug-likeness (QED) is 0.767. The highest BCUT2D eigenvalue weighted by Crippen LogP contribution is 2.38. The molecule has 19 heavy (non-hydrogen) atoms. The van der Waals surface area contributed by atoms with Crippen LogP contribution in [0.2, 0.25) is 0 Å². The Bertz CT molecular complexity index is 432. The molecule has 0 bridgehead atoms. The first-order valence-corrected chi connectivity index (χ1v) is 7.15. The van der Waals surface area contributed by atoms with E-state index in [-0.39, 0.29) is 5.82 Å². The Kier molecular flexibility index (Phi) is 4.51. The van der Waals surface area contributed by atoms with Gasteiger partial charge in [0.05, 0.1) is 18.0 Å². The molecule has 0 aromatic heterocycles. The van der Waals surface area contributed by atoms with Crippen LogP contribution in [0.5, 0.6) is 5.75 Å². The third kappa shape index (κ3) is 3.31. The SMILES string of the molecule is CCCCN(c1cc(OCC)c(F)cc1N)C1CC1. The van der Waals surface area contributed by atoms with Gasteiger partial charge in [-0.2, -0.15) is 0 Å². The minimum atomic E-state index is -0.380. The predicted octanol–water partition coefficient (Wildman–Crippen LogP) is 3.58. The minimum Gasteiger partial charge on any atom is -0.491 e. The summed E-state index contributed by atoms with van der Waals surface area (Å²) in [6.07, 6.45) is 4.66. The summed E-state index contributed by atoms with van der Waals surface area (Å²) in [7, 11) is 0. The molecule has 1 aromatic carbocycles. The zero-order chi connectivity index (χ0) is 13.8. The lowest BCUT2D eigenvalue weighted by atomic mass is 10.2. The molecule has 0 spiro atoms. The molecule has 0 amide bonds. The standard InChI is InChI=1S/C15H23FN2O/c1-3-5-8-18(11-6-7-11)14-10-15(19-4-2)12(16)9-13(14)17/h9-11H,3-8,17H2,1-2H3. The Morgan fingerprint density at radius 3 is 2.68 bits per heavy atom. The molecule has 0 atom stereocenters. The van der Waals surface area contributed by atoms with Crippen molar-refractivity contribution in [3.63, 3.8) is 0 Å². The molecule has 106 valence electrons. The van der Waals surface area contributed by atoms with Crippen molar-refractivity contribution in [2.75, 3.05) is 23.8 Å². The number of rotatable bonds is 7. The Hall–Kier alpha value is -1.45. The van der Waals surface area contributed by atoms with E-state index in [0.717, 1.165) is 25.1 Å². The number of halogens is 1. The third-order valence-corrected chi connectivity index (χ3v) is 3.43. The minimum absolute atomic E-state index is 0.300. The second-order valence-corrected chi connectivity index (χ2v) is 5.05. The van der Waals surface area contributed by atoms with E-state index < -0.39 is 0 Å². The van der Waals surface area contributed by atoms with Crippen molar-refractivity contribution in [3.8, 4) is 5.75 Å². The third-order valence-electron chi connectivity index (χ3n) is 3.43. The Morgan fingerprint density at radius 1 is 1.37 bits per heavy atom. The van der Waals surface area contributed by atoms with Gasteiger partial charge in [-0.25, -0.2) is 4.39 Å². The lowest BCUT2D eigenvalue weighted by Crippen LogP contribution is -2.27. The second-order valence-electron chi connectivity index (χ2n) is 5.05. The van der Waals surface area contributed by atoms with Crippen molar-refractivity contribution < 1.29 is 9.13 Å². The van der Waals surface area contributed by atoms with Crippen LogP contribution in [0.1, 0.15) is 39.5 Å². The molecule has 1 aromatic rings. The molecule has 2 rings (SSSR count).